The van der Waals surface area contributed by atoms with Crippen molar-refractivity contribution in [2.75, 3.05) is 13.1 Å². The number of aliphatic hydroxyl groups excluding tert-OH is 1. The monoisotopic (exact) mass is 401 g/mol. The maximum Gasteiger partial charge on any atom is 0.251 e. The van der Waals surface area contributed by atoms with Gasteiger partial charge in [0.25, 0.3) is 5.91 Å². The maximum absolute atomic E-state index is 13.3. The summed E-state index contributed by atoms with van der Waals surface area (Å²) in [5.41, 5.74) is 1.74. The van der Waals surface area contributed by atoms with Crippen LogP contribution in [0.4, 0.5) is 0 Å². The molecule has 0 spiro atoms. The van der Waals surface area contributed by atoms with Gasteiger partial charge in [-0.2, -0.15) is 0 Å². The molecule has 2 heterocycles. The lowest BCUT2D eigenvalue weighted by molar-refractivity contribution is -0.136. The summed E-state index contributed by atoms with van der Waals surface area (Å²) in [6, 6.07) is 6.96. The van der Waals surface area contributed by atoms with Gasteiger partial charge in [0, 0.05) is 24.7 Å². The fourth-order valence-corrected chi connectivity index (χ4v) is 4.42. The summed E-state index contributed by atoms with van der Waals surface area (Å²) in [4.78, 5) is 27.9. The van der Waals surface area contributed by atoms with Gasteiger partial charge >= 0.3 is 0 Å². The van der Waals surface area contributed by atoms with Gasteiger partial charge in [0.2, 0.25) is 5.91 Å². The van der Waals surface area contributed by atoms with Crippen LogP contribution in [-0.2, 0) is 10.2 Å². The molecule has 0 bridgehead atoms. The minimum atomic E-state index is -0.587. The van der Waals surface area contributed by atoms with Crippen molar-refractivity contribution in [2.45, 2.75) is 77.1 Å². The molecule has 0 aromatic heterocycles. The first kappa shape index (κ1) is 21.8. The second-order valence-electron chi connectivity index (χ2n) is 9.88. The second kappa shape index (κ2) is 8.44. The van der Waals surface area contributed by atoms with E-state index < -0.39 is 12.1 Å². The average molecular weight is 402 g/mol. The first-order valence-electron chi connectivity index (χ1n) is 10.7. The number of hydrogen-bond acceptors (Lipinski definition) is 4. The summed E-state index contributed by atoms with van der Waals surface area (Å²) in [6.07, 6.45) is 0.860. The van der Waals surface area contributed by atoms with Crippen LogP contribution in [0.2, 0.25) is 0 Å². The molecule has 2 unspecified atom stereocenters. The SMILES string of the molecule is CC(C)C[C@H](NC(=O)c1ccc(C(C)(C)C)cc1)C(=O)N1CCC2NC[C@H](O)C21. The molecule has 2 fully saturated rings. The lowest BCUT2D eigenvalue weighted by Gasteiger charge is -2.31. The van der Waals surface area contributed by atoms with Crippen LogP contribution in [0.1, 0.15) is 63.4 Å². The molecular formula is C23H35N3O3. The lowest BCUT2D eigenvalue weighted by Crippen LogP contribution is -2.53. The van der Waals surface area contributed by atoms with Crippen LogP contribution in [0.25, 0.3) is 0 Å². The van der Waals surface area contributed by atoms with E-state index in [1.165, 1.54) is 0 Å². The summed E-state index contributed by atoms with van der Waals surface area (Å²) in [5.74, 6) is -0.0588. The number of nitrogens with one attached hydrogen (secondary N) is 2. The number of β-amino-alcohol motifs (C(OH)–C–C–N with tert-alkyl or cyclic N) is 1. The Kier molecular flexibility index (Phi) is 6.34. The van der Waals surface area contributed by atoms with E-state index in [4.69, 9.17) is 0 Å². The molecule has 0 aliphatic carbocycles. The van der Waals surface area contributed by atoms with Gasteiger partial charge in [0.05, 0.1) is 12.1 Å². The van der Waals surface area contributed by atoms with Gasteiger partial charge in [-0.15, -0.1) is 0 Å². The fraction of sp³-hybridized carbons (Fsp3) is 0.652. The molecule has 6 nitrogen and oxygen atoms in total. The number of carbonyl (C=O) groups is 2. The number of fused-ring (bicyclic) bond motifs is 1. The van der Waals surface area contributed by atoms with Crippen LogP contribution in [0, 0.1) is 5.92 Å². The highest BCUT2D eigenvalue weighted by atomic mass is 16.3. The van der Waals surface area contributed by atoms with Gasteiger partial charge in [-0.25, -0.2) is 0 Å². The zero-order chi connectivity index (χ0) is 21.3. The van der Waals surface area contributed by atoms with Crippen molar-refractivity contribution in [3.8, 4) is 0 Å². The Bertz CT molecular complexity index is 739. The molecule has 6 heteroatoms. The lowest BCUT2D eigenvalue weighted by atomic mass is 9.86. The Balaban J connectivity index is 1.73. The molecule has 2 saturated heterocycles. The van der Waals surface area contributed by atoms with E-state index in [2.05, 4.69) is 31.4 Å². The number of likely N-dealkylation sites (tertiary alicyclic amines) is 1. The van der Waals surface area contributed by atoms with Crippen molar-refractivity contribution < 1.29 is 14.7 Å². The highest BCUT2D eigenvalue weighted by molar-refractivity contribution is 5.97. The Hall–Kier alpha value is -1.92. The van der Waals surface area contributed by atoms with Crippen LogP contribution in [0.3, 0.4) is 0 Å². The summed E-state index contributed by atoms with van der Waals surface area (Å²) < 4.78 is 0. The number of benzene rings is 1. The molecule has 4 atom stereocenters. The highest BCUT2D eigenvalue weighted by Gasteiger charge is 2.46. The summed E-state index contributed by atoms with van der Waals surface area (Å²) >= 11 is 0. The molecule has 29 heavy (non-hydrogen) atoms. The van der Waals surface area contributed by atoms with Crippen molar-refractivity contribution >= 4 is 11.8 Å². The Labute approximate surface area is 174 Å². The summed E-state index contributed by atoms with van der Waals surface area (Å²) in [5, 5.41) is 16.5. The molecule has 160 valence electrons. The minimum absolute atomic E-state index is 0.0214. The van der Waals surface area contributed by atoms with Crippen LogP contribution in [-0.4, -0.2) is 59.1 Å². The third-order valence-corrected chi connectivity index (χ3v) is 6.04. The molecule has 3 rings (SSSR count). The van der Waals surface area contributed by atoms with E-state index in [9.17, 15) is 14.7 Å². The first-order valence-corrected chi connectivity index (χ1v) is 10.7. The smallest absolute Gasteiger partial charge is 0.251 e. The first-order chi connectivity index (χ1) is 13.6. The van der Waals surface area contributed by atoms with Gasteiger partial charge in [-0.1, -0.05) is 46.8 Å². The number of hydrogen-bond donors (Lipinski definition) is 3. The number of rotatable bonds is 5. The topological polar surface area (TPSA) is 81.7 Å². The number of amides is 2. The van der Waals surface area contributed by atoms with Crippen LogP contribution in [0.5, 0.6) is 0 Å². The normalized spacial score (nSPS) is 25.2. The van der Waals surface area contributed by atoms with Crippen molar-refractivity contribution in [3.05, 3.63) is 35.4 Å². The number of nitrogens with zero attached hydrogens (tertiary/aromatic N) is 1. The van der Waals surface area contributed by atoms with Gasteiger partial charge in [-0.3, -0.25) is 9.59 Å². The van der Waals surface area contributed by atoms with E-state index >= 15 is 0 Å². The molecule has 1 aromatic rings. The Morgan fingerprint density at radius 2 is 1.90 bits per heavy atom. The predicted molar refractivity (Wildman–Crippen MR) is 114 cm³/mol. The molecule has 0 radical (unpaired) electrons. The quantitative estimate of drug-likeness (QED) is 0.705. The highest BCUT2D eigenvalue weighted by Crippen LogP contribution is 2.27. The third kappa shape index (κ3) is 4.81. The van der Waals surface area contributed by atoms with Gasteiger partial charge in [0.1, 0.15) is 6.04 Å². The van der Waals surface area contributed by atoms with E-state index in [0.717, 1.165) is 12.0 Å². The van der Waals surface area contributed by atoms with Crippen molar-refractivity contribution in [3.63, 3.8) is 0 Å². The van der Waals surface area contributed by atoms with Crippen molar-refractivity contribution in [2.24, 2.45) is 5.92 Å². The predicted octanol–water partition coefficient (Wildman–Crippen LogP) is 2.06. The largest absolute Gasteiger partial charge is 0.390 e. The zero-order valence-corrected chi connectivity index (χ0v) is 18.2. The number of aliphatic hydroxyl groups is 1. The van der Waals surface area contributed by atoms with E-state index in [-0.39, 0.29) is 35.2 Å². The molecular weight excluding hydrogens is 366 g/mol. The molecule has 3 N–H and O–H groups in total. The Morgan fingerprint density at radius 1 is 1.24 bits per heavy atom. The van der Waals surface area contributed by atoms with Crippen LogP contribution in [0.15, 0.2) is 24.3 Å². The summed E-state index contributed by atoms with van der Waals surface area (Å²) in [7, 11) is 0. The summed E-state index contributed by atoms with van der Waals surface area (Å²) in [6.45, 7) is 11.6. The second-order valence-corrected chi connectivity index (χ2v) is 9.88. The van der Waals surface area contributed by atoms with Crippen LogP contribution < -0.4 is 10.6 Å². The molecule has 2 aliphatic heterocycles. The fourth-order valence-electron chi connectivity index (χ4n) is 4.42. The van der Waals surface area contributed by atoms with Gasteiger partial charge in [-0.05, 0) is 41.9 Å². The maximum atomic E-state index is 13.3. The molecule has 0 saturated carbocycles. The average Bonchev–Trinajstić information content (AvgIpc) is 3.23. The molecule has 1 aromatic carbocycles. The van der Waals surface area contributed by atoms with E-state index in [1.807, 2.05) is 38.1 Å². The third-order valence-electron chi connectivity index (χ3n) is 6.04. The minimum Gasteiger partial charge on any atom is -0.390 e. The number of carbonyl (C=O) groups excluding carboxylic acids is 2. The van der Waals surface area contributed by atoms with E-state index in [0.29, 0.717) is 25.1 Å². The van der Waals surface area contributed by atoms with E-state index in [1.54, 1.807) is 4.90 Å². The molecule has 2 amide bonds. The zero-order valence-electron chi connectivity index (χ0n) is 18.2. The van der Waals surface area contributed by atoms with Crippen molar-refractivity contribution in [1.82, 2.24) is 15.5 Å². The van der Waals surface area contributed by atoms with Crippen LogP contribution >= 0.6 is 0 Å². The van der Waals surface area contributed by atoms with Crippen molar-refractivity contribution in [1.29, 1.82) is 0 Å². The molecule has 2 aliphatic rings. The Morgan fingerprint density at radius 3 is 2.48 bits per heavy atom. The standard InChI is InChI=1S/C23H35N3O3/c1-14(2)12-18(22(29)26-11-10-17-20(26)19(27)13-24-17)25-21(28)15-6-8-16(9-7-15)23(3,4)5/h6-9,14,17-20,24,27H,10-13H2,1-5H3,(H,25,28)/t17?,18-,19-,20?/m0/s1. The van der Waals surface area contributed by atoms with Gasteiger partial charge < -0.3 is 20.6 Å². The van der Waals surface area contributed by atoms with Gasteiger partial charge in [0.15, 0.2) is 0 Å².